The third-order valence-electron chi connectivity index (χ3n) is 3.41. The SMILES string of the molecule is COc1ccccc1CCNC(=O)CNC(=O)c1cccc(Cl)c1. The number of ether oxygens (including phenoxy) is 1. The fourth-order valence-corrected chi connectivity index (χ4v) is 2.39. The maximum atomic E-state index is 11.9. The van der Waals surface area contributed by atoms with Gasteiger partial charge in [0.1, 0.15) is 5.75 Å². The molecule has 0 aliphatic rings. The highest BCUT2D eigenvalue weighted by molar-refractivity contribution is 6.30. The number of hydrogen-bond acceptors (Lipinski definition) is 3. The quantitative estimate of drug-likeness (QED) is 0.809. The van der Waals surface area contributed by atoms with Crippen LogP contribution in [0.15, 0.2) is 48.5 Å². The molecule has 0 unspecified atom stereocenters. The molecule has 0 spiro atoms. The molecule has 0 saturated carbocycles. The van der Waals surface area contributed by atoms with Crippen molar-refractivity contribution in [1.29, 1.82) is 0 Å². The van der Waals surface area contributed by atoms with Gasteiger partial charge in [-0.1, -0.05) is 35.9 Å². The lowest BCUT2D eigenvalue weighted by molar-refractivity contribution is -0.120. The molecule has 2 rings (SSSR count). The molecule has 0 aromatic heterocycles. The number of methoxy groups -OCH3 is 1. The third kappa shape index (κ3) is 5.28. The number of carbonyl (C=O) groups excluding carboxylic acids is 2. The molecule has 2 N–H and O–H groups in total. The minimum atomic E-state index is -0.336. The molecule has 0 heterocycles. The Morgan fingerprint density at radius 3 is 2.62 bits per heavy atom. The van der Waals surface area contributed by atoms with Crippen molar-refractivity contribution < 1.29 is 14.3 Å². The minimum Gasteiger partial charge on any atom is -0.496 e. The summed E-state index contributed by atoms with van der Waals surface area (Å²) >= 11 is 5.83. The number of hydrogen-bond donors (Lipinski definition) is 2. The first-order valence-electron chi connectivity index (χ1n) is 7.52. The Labute approximate surface area is 146 Å². The van der Waals surface area contributed by atoms with Crippen LogP contribution in [0.1, 0.15) is 15.9 Å². The number of carbonyl (C=O) groups is 2. The topological polar surface area (TPSA) is 67.4 Å². The molecule has 0 aliphatic heterocycles. The van der Waals surface area contributed by atoms with Gasteiger partial charge in [-0.05, 0) is 36.2 Å². The van der Waals surface area contributed by atoms with Gasteiger partial charge in [-0.25, -0.2) is 0 Å². The van der Waals surface area contributed by atoms with E-state index in [-0.39, 0.29) is 18.4 Å². The normalized spacial score (nSPS) is 10.1. The van der Waals surface area contributed by atoms with E-state index in [2.05, 4.69) is 10.6 Å². The van der Waals surface area contributed by atoms with Crippen LogP contribution in [0, 0.1) is 0 Å². The minimum absolute atomic E-state index is 0.0860. The van der Waals surface area contributed by atoms with Crippen LogP contribution < -0.4 is 15.4 Å². The number of benzene rings is 2. The van der Waals surface area contributed by atoms with Gasteiger partial charge in [-0.2, -0.15) is 0 Å². The maximum absolute atomic E-state index is 11.9. The molecule has 24 heavy (non-hydrogen) atoms. The number of amides is 2. The number of para-hydroxylation sites is 1. The molecule has 0 radical (unpaired) electrons. The van der Waals surface area contributed by atoms with Crippen LogP contribution in [-0.2, 0) is 11.2 Å². The zero-order valence-corrected chi connectivity index (χ0v) is 14.1. The van der Waals surface area contributed by atoms with E-state index in [9.17, 15) is 9.59 Å². The average molecular weight is 347 g/mol. The number of nitrogens with one attached hydrogen (secondary N) is 2. The Morgan fingerprint density at radius 2 is 1.88 bits per heavy atom. The van der Waals surface area contributed by atoms with Gasteiger partial charge in [-0.3, -0.25) is 9.59 Å². The van der Waals surface area contributed by atoms with Crippen LogP contribution in [0.3, 0.4) is 0 Å². The summed E-state index contributed by atoms with van der Waals surface area (Å²) in [6, 6.07) is 14.2. The van der Waals surface area contributed by atoms with Crippen molar-refractivity contribution in [2.75, 3.05) is 20.2 Å². The molecule has 5 nitrogen and oxygen atoms in total. The smallest absolute Gasteiger partial charge is 0.251 e. The highest BCUT2D eigenvalue weighted by atomic mass is 35.5. The van der Waals surface area contributed by atoms with Crippen LogP contribution in [0.4, 0.5) is 0 Å². The lowest BCUT2D eigenvalue weighted by Crippen LogP contribution is -2.37. The van der Waals surface area contributed by atoms with E-state index < -0.39 is 0 Å². The largest absolute Gasteiger partial charge is 0.496 e. The summed E-state index contributed by atoms with van der Waals surface area (Å²) in [5.74, 6) is 0.207. The second-order valence-electron chi connectivity index (χ2n) is 5.10. The summed E-state index contributed by atoms with van der Waals surface area (Å²) in [5.41, 5.74) is 1.44. The fourth-order valence-electron chi connectivity index (χ4n) is 2.20. The van der Waals surface area contributed by atoms with E-state index in [1.165, 1.54) is 0 Å². The van der Waals surface area contributed by atoms with Gasteiger partial charge in [0.2, 0.25) is 5.91 Å². The molecule has 0 atom stereocenters. The zero-order chi connectivity index (χ0) is 17.4. The first-order valence-corrected chi connectivity index (χ1v) is 7.90. The Hall–Kier alpha value is -2.53. The molecule has 2 aromatic rings. The predicted octanol–water partition coefficient (Wildman–Crippen LogP) is 2.44. The van der Waals surface area contributed by atoms with E-state index in [1.807, 2.05) is 24.3 Å². The van der Waals surface area contributed by atoms with Crippen molar-refractivity contribution in [2.45, 2.75) is 6.42 Å². The highest BCUT2D eigenvalue weighted by Gasteiger charge is 2.08. The summed E-state index contributed by atoms with van der Waals surface area (Å²) in [4.78, 5) is 23.7. The highest BCUT2D eigenvalue weighted by Crippen LogP contribution is 2.17. The Bertz CT molecular complexity index is 719. The van der Waals surface area contributed by atoms with Crippen LogP contribution in [0.25, 0.3) is 0 Å². The van der Waals surface area contributed by atoms with E-state index in [0.29, 0.717) is 23.6 Å². The van der Waals surface area contributed by atoms with Crippen LogP contribution >= 0.6 is 11.6 Å². The molecule has 2 amide bonds. The van der Waals surface area contributed by atoms with E-state index in [0.717, 1.165) is 11.3 Å². The summed E-state index contributed by atoms with van der Waals surface area (Å²) in [6.45, 7) is 0.378. The molecular formula is C18H19ClN2O3. The summed E-state index contributed by atoms with van der Waals surface area (Å²) in [7, 11) is 1.61. The Balaban J connectivity index is 1.74. The van der Waals surface area contributed by atoms with Gasteiger partial charge >= 0.3 is 0 Å². The first-order chi connectivity index (χ1) is 11.6. The third-order valence-corrected chi connectivity index (χ3v) is 3.64. The average Bonchev–Trinajstić information content (AvgIpc) is 2.60. The fraction of sp³-hybridized carbons (Fsp3) is 0.222. The molecule has 2 aromatic carbocycles. The van der Waals surface area contributed by atoms with E-state index in [4.69, 9.17) is 16.3 Å². The van der Waals surface area contributed by atoms with Crippen LogP contribution in [-0.4, -0.2) is 32.0 Å². The van der Waals surface area contributed by atoms with Crippen molar-refractivity contribution in [3.63, 3.8) is 0 Å². The van der Waals surface area contributed by atoms with Gasteiger partial charge < -0.3 is 15.4 Å². The van der Waals surface area contributed by atoms with Crippen molar-refractivity contribution in [2.24, 2.45) is 0 Å². The maximum Gasteiger partial charge on any atom is 0.251 e. The van der Waals surface area contributed by atoms with Gasteiger partial charge in [-0.15, -0.1) is 0 Å². The second-order valence-corrected chi connectivity index (χ2v) is 5.54. The van der Waals surface area contributed by atoms with Crippen molar-refractivity contribution in [3.05, 3.63) is 64.7 Å². The lowest BCUT2D eigenvalue weighted by Gasteiger charge is -2.09. The zero-order valence-electron chi connectivity index (χ0n) is 13.3. The van der Waals surface area contributed by atoms with Gasteiger partial charge in [0.25, 0.3) is 5.91 Å². The standard InChI is InChI=1S/C18H19ClN2O3/c1-24-16-8-3-2-5-13(16)9-10-20-17(22)12-21-18(23)14-6-4-7-15(19)11-14/h2-8,11H,9-10,12H2,1H3,(H,20,22)(H,21,23). The molecule has 0 bridgehead atoms. The predicted molar refractivity (Wildman–Crippen MR) is 93.5 cm³/mol. The monoisotopic (exact) mass is 346 g/mol. The Morgan fingerprint density at radius 1 is 1.08 bits per heavy atom. The van der Waals surface area contributed by atoms with Crippen molar-refractivity contribution in [1.82, 2.24) is 10.6 Å². The summed E-state index contributed by atoms with van der Waals surface area (Å²) in [6.07, 6.45) is 0.651. The first kappa shape index (κ1) is 17.8. The molecule has 0 fully saturated rings. The molecule has 126 valence electrons. The van der Waals surface area contributed by atoms with Crippen molar-refractivity contribution in [3.8, 4) is 5.75 Å². The lowest BCUT2D eigenvalue weighted by atomic mass is 10.1. The summed E-state index contributed by atoms with van der Waals surface area (Å²) < 4.78 is 5.26. The summed E-state index contributed by atoms with van der Waals surface area (Å²) in [5, 5.41) is 5.80. The van der Waals surface area contributed by atoms with E-state index >= 15 is 0 Å². The molecule has 6 heteroatoms. The Kier molecular flexibility index (Phi) is 6.63. The van der Waals surface area contributed by atoms with Crippen LogP contribution in [0.5, 0.6) is 5.75 Å². The van der Waals surface area contributed by atoms with E-state index in [1.54, 1.807) is 31.4 Å². The van der Waals surface area contributed by atoms with Gasteiger partial charge in [0, 0.05) is 17.1 Å². The van der Waals surface area contributed by atoms with Crippen molar-refractivity contribution >= 4 is 23.4 Å². The van der Waals surface area contributed by atoms with Crippen LogP contribution in [0.2, 0.25) is 5.02 Å². The number of halogens is 1. The second kappa shape index (κ2) is 8.93. The molecule has 0 aliphatic carbocycles. The van der Waals surface area contributed by atoms with Gasteiger partial charge in [0.05, 0.1) is 13.7 Å². The molecule has 0 saturated heterocycles. The number of rotatable bonds is 7. The molecular weight excluding hydrogens is 328 g/mol. The van der Waals surface area contributed by atoms with Gasteiger partial charge in [0.15, 0.2) is 0 Å².